The Bertz CT molecular complexity index is 290. The van der Waals surface area contributed by atoms with Crippen LogP contribution in [-0.2, 0) is 4.79 Å². The number of carboxylic acids is 1. The smallest absolute Gasteiger partial charge is 0.337 e. The Hall–Kier alpha value is -1.30. The highest BCUT2D eigenvalue weighted by molar-refractivity contribution is 5.79. The second-order valence-electron chi connectivity index (χ2n) is 5.28. The highest BCUT2D eigenvalue weighted by Crippen LogP contribution is 2.06. The second kappa shape index (κ2) is 7.20. The third kappa shape index (κ3) is 7.11. The quantitative estimate of drug-likeness (QED) is 0.547. The molecule has 0 saturated heterocycles. The van der Waals surface area contributed by atoms with Gasteiger partial charge in [-0.3, -0.25) is 0 Å². The number of carbonyl (C=O) groups excluding carboxylic acids is 1. The van der Waals surface area contributed by atoms with Crippen molar-refractivity contribution in [1.82, 2.24) is 10.6 Å². The highest BCUT2D eigenvalue weighted by atomic mass is 16.4. The summed E-state index contributed by atoms with van der Waals surface area (Å²) in [5, 5.41) is 23.1. The van der Waals surface area contributed by atoms with E-state index in [0.717, 1.165) is 19.8 Å². The fourth-order valence-corrected chi connectivity index (χ4v) is 1.26. The van der Waals surface area contributed by atoms with Crippen molar-refractivity contribution in [3.05, 3.63) is 0 Å². The minimum Gasteiger partial charge on any atom is -0.479 e. The predicted octanol–water partition coefficient (Wildman–Crippen LogP) is 0.946. The molecule has 6 heteroatoms. The molecular formula is C12H24N2O4. The van der Waals surface area contributed by atoms with E-state index < -0.39 is 17.6 Å². The SMILES string of the molecule is CC(C)CCC(C)NC(=O)NCC(C)(O)C(=O)O. The van der Waals surface area contributed by atoms with Crippen LogP contribution in [-0.4, -0.2) is 40.4 Å². The average molecular weight is 260 g/mol. The Balaban J connectivity index is 3.94. The van der Waals surface area contributed by atoms with Gasteiger partial charge in [-0.05, 0) is 32.6 Å². The van der Waals surface area contributed by atoms with E-state index in [1.54, 1.807) is 0 Å². The third-order valence-corrected chi connectivity index (χ3v) is 2.61. The summed E-state index contributed by atoms with van der Waals surface area (Å²) in [6.07, 6.45) is 1.87. The molecule has 0 aromatic heterocycles. The van der Waals surface area contributed by atoms with Gasteiger partial charge in [-0.25, -0.2) is 9.59 Å². The van der Waals surface area contributed by atoms with Crippen LogP contribution in [0, 0.1) is 5.92 Å². The molecule has 0 saturated carbocycles. The molecule has 0 fully saturated rings. The number of amides is 2. The van der Waals surface area contributed by atoms with E-state index in [0.29, 0.717) is 5.92 Å². The molecule has 0 aromatic carbocycles. The first-order valence-electron chi connectivity index (χ1n) is 6.15. The van der Waals surface area contributed by atoms with Crippen molar-refractivity contribution < 1.29 is 19.8 Å². The van der Waals surface area contributed by atoms with Crippen LogP contribution in [0.4, 0.5) is 4.79 Å². The first kappa shape index (κ1) is 16.7. The van der Waals surface area contributed by atoms with Gasteiger partial charge in [0.2, 0.25) is 0 Å². The van der Waals surface area contributed by atoms with Crippen molar-refractivity contribution in [2.75, 3.05) is 6.54 Å². The molecule has 2 unspecified atom stereocenters. The summed E-state index contributed by atoms with van der Waals surface area (Å²) in [7, 11) is 0. The van der Waals surface area contributed by atoms with E-state index in [2.05, 4.69) is 24.5 Å². The van der Waals surface area contributed by atoms with Gasteiger partial charge in [0.05, 0.1) is 6.54 Å². The summed E-state index contributed by atoms with van der Waals surface area (Å²) in [6, 6.07) is -0.449. The lowest BCUT2D eigenvalue weighted by atomic mass is 10.0. The Morgan fingerprint density at radius 3 is 2.22 bits per heavy atom. The number of carboxylic acid groups (broad SMARTS) is 1. The Kier molecular flexibility index (Phi) is 6.68. The van der Waals surface area contributed by atoms with Gasteiger partial charge in [-0.1, -0.05) is 13.8 Å². The van der Waals surface area contributed by atoms with Crippen molar-refractivity contribution in [2.24, 2.45) is 5.92 Å². The lowest BCUT2D eigenvalue weighted by molar-refractivity contribution is -0.155. The molecule has 0 heterocycles. The molecule has 2 amide bonds. The molecule has 106 valence electrons. The Morgan fingerprint density at radius 1 is 1.22 bits per heavy atom. The summed E-state index contributed by atoms with van der Waals surface area (Å²) < 4.78 is 0. The van der Waals surface area contributed by atoms with Gasteiger partial charge in [0.1, 0.15) is 0 Å². The summed E-state index contributed by atoms with van der Waals surface area (Å²) in [5.74, 6) is -0.791. The summed E-state index contributed by atoms with van der Waals surface area (Å²) in [4.78, 5) is 22.1. The maximum Gasteiger partial charge on any atom is 0.337 e. The number of rotatable bonds is 7. The highest BCUT2D eigenvalue weighted by Gasteiger charge is 2.30. The molecule has 0 aliphatic rings. The van der Waals surface area contributed by atoms with E-state index in [-0.39, 0.29) is 12.6 Å². The molecule has 0 rings (SSSR count). The van der Waals surface area contributed by atoms with Gasteiger partial charge < -0.3 is 20.8 Å². The average Bonchev–Trinajstić information content (AvgIpc) is 2.23. The molecule has 6 nitrogen and oxygen atoms in total. The number of carbonyl (C=O) groups is 2. The number of urea groups is 1. The molecular weight excluding hydrogens is 236 g/mol. The fourth-order valence-electron chi connectivity index (χ4n) is 1.26. The van der Waals surface area contributed by atoms with Gasteiger partial charge >= 0.3 is 12.0 Å². The van der Waals surface area contributed by atoms with Gasteiger partial charge in [0.25, 0.3) is 0 Å². The van der Waals surface area contributed by atoms with Crippen LogP contribution < -0.4 is 10.6 Å². The maximum absolute atomic E-state index is 11.4. The number of nitrogens with one attached hydrogen (secondary N) is 2. The van der Waals surface area contributed by atoms with Gasteiger partial charge in [-0.2, -0.15) is 0 Å². The fraction of sp³-hybridized carbons (Fsp3) is 0.833. The van der Waals surface area contributed by atoms with Crippen LogP contribution in [0.25, 0.3) is 0 Å². The Labute approximate surface area is 108 Å². The summed E-state index contributed by atoms with van der Waals surface area (Å²) >= 11 is 0. The number of aliphatic hydroxyl groups is 1. The lowest BCUT2D eigenvalue weighted by Gasteiger charge is -2.20. The molecule has 2 atom stereocenters. The van der Waals surface area contributed by atoms with E-state index in [4.69, 9.17) is 5.11 Å². The molecule has 0 aliphatic carbocycles. The summed E-state index contributed by atoms with van der Waals surface area (Å²) in [5.41, 5.74) is -1.95. The third-order valence-electron chi connectivity index (χ3n) is 2.61. The number of hydrogen-bond acceptors (Lipinski definition) is 3. The van der Waals surface area contributed by atoms with E-state index in [1.165, 1.54) is 0 Å². The van der Waals surface area contributed by atoms with Crippen LogP contribution in [0.15, 0.2) is 0 Å². The standard InChI is InChI=1S/C12H24N2O4/c1-8(2)5-6-9(3)14-11(17)13-7-12(4,18)10(15)16/h8-9,18H,5-7H2,1-4H3,(H,15,16)(H2,13,14,17). The number of hydrogen-bond donors (Lipinski definition) is 4. The second-order valence-corrected chi connectivity index (χ2v) is 5.28. The zero-order chi connectivity index (χ0) is 14.3. The Morgan fingerprint density at radius 2 is 1.78 bits per heavy atom. The van der Waals surface area contributed by atoms with Crippen LogP contribution in [0.1, 0.15) is 40.5 Å². The minimum absolute atomic E-state index is 0.0159. The van der Waals surface area contributed by atoms with Crippen molar-refractivity contribution in [3.63, 3.8) is 0 Å². The molecule has 0 aliphatic heterocycles. The first-order valence-corrected chi connectivity index (χ1v) is 6.15. The van der Waals surface area contributed by atoms with Crippen LogP contribution in [0.2, 0.25) is 0 Å². The normalized spacial score (nSPS) is 15.9. The zero-order valence-electron chi connectivity index (χ0n) is 11.5. The molecule has 4 N–H and O–H groups in total. The van der Waals surface area contributed by atoms with Gasteiger partial charge in [-0.15, -0.1) is 0 Å². The molecule has 0 radical (unpaired) electrons. The maximum atomic E-state index is 11.4. The number of aliphatic carboxylic acids is 1. The van der Waals surface area contributed by atoms with Crippen molar-refractivity contribution >= 4 is 12.0 Å². The van der Waals surface area contributed by atoms with E-state index >= 15 is 0 Å². The predicted molar refractivity (Wildman–Crippen MR) is 68.3 cm³/mol. The van der Waals surface area contributed by atoms with Crippen LogP contribution in [0.5, 0.6) is 0 Å². The zero-order valence-corrected chi connectivity index (χ0v) is 11.5. The van der Waals surface area contributed by atoms with E-state index in [1.807, 2.05) is 6.92 Å². The monoisotopic (exact) mass is 260 g/mol. The van der Waals surface area contributed by atoms with Crippen LogP contribution >= 0.6 is 0 Å². The largest absolute Gasteiger partial charge is 0.479 e. The molecule has 0 aromatic rings. The lowest BCUT2D eigenvalue weighted by Crippen LogP contribution is -2.50. The minimum atomic E-state index is -1.95. The molecule has 0 bridgehead atoms. The van der Waals surface area contributed by atoms with Gasteiger partial charge in [0, 0.05) is 6.04 Å². The van der Waals surface area contributed by atoms with E-state index in [9.17, 15) is 14.7 Å². The topological polar surface area (TPSA) is 98.7 Å². The van der Waals surface area contributed by atoms with Crippen molar-refractivity contribution in [2.45, 2.75) is 52.2 Å². The summed E-state index contributed by atoms with van der Waals surface area (Å²) in [6.45, 7) is 6.91. The molecule has 18 heavy (non-hydrogen) atoms. The van der Waals surface area contributed by atoms with Crippen molar-refractivity contribution in [1.29, 1.82) is 0 Å². The first-order chi connectivity index (χ1) is 8.15. The molecule has 0 spiro atoms. The van der Waals surface area contributed by atoms with Gasteiger partial charge in [0.15, 0.2) is 5.60 Å². The van der Waals surface area contributed by atoms with Crippen molar-refractivity contribution in [3.8, 4) is 0 Å². The van der Waals surface area contributed by atoms with Crippen LogP contribution in [0.3, 0.4) is 0 Å².